The van der Waals surface area contributed by atoms with Crippen molar-refractivity contribution in [1.82, 2.24) is 4.90 Å². The van der Waals surface area contributed by atoms with Crippen molar-refractivity contribution in [2.75, 3.05) is 23.9 Å². The molecule has 2 aliphatic rings. The van der Waals surface area contributed by atoms with Crippen LogP contribution in [0.1, 0.15) is 36.8 Å². The molecule has 1 fully saturated rings. The molecule has 1 atom stereocenters. The Kier molecular flexibility index (Phi) is 8.37. The summed E-state index contributed by atoms with van der Waals surface area (Å²) in [7, 11) is -4.56. The number of fused-ring (bicyclic) bond motifs is 1. The third-order valence-corrected chi connectivity index (χ3v) is 9.60. The summed E-state index contributed by atoms with van der Waals surface area (Å²) >= 11 is 0. The topological polar surface area (TPSA) is 104 Å². The molecule has 41 heavy (non-hydrogen) atoms. The number of hydrogen-bond acceptors (Lipinski definition) is 5. The Balaban J connectivity index is 1.76. The summed E-state index contributed by atoms with van der Waals surface area (Å²) in [5.41, 5.74) is -1.46. The number of hydrogen-bond donors (Lipinski definition) is 2. The second-order valence-electron chi connectivity index (χ2n) is 10.3. The Bertz CT molecular complexity index is 1360. The van der Waals surface area contributed by atoms with Gasteiger partial charge >= 0.3 is 12.4 Å². The summed E-state index contributed by atoms with van der Waals surface area (Å²) < 4.78 is 123. The number of sulfonamides is 1. The predicted octanol–water partition coefficient (Wildman–Crippen LogP) is 4.24. The number of benzene rings is 2. The van der Waals surface area contributed by atoms with Crippen LogP contribution >= 0.6 is 0 Å². The average Bonchev–Trinajstić information content (AvgIpc) is 2.91. The molecule has 1 unspecified atom stereocenters. The number of halogens is 7. The van der Waals surface area contributed by atoms with Crippen LogP contribution < -0.4 is 10.0 Å². The maximum absolute atomic E-state index is 13.8. The first-order valence-corrected chi connectivity index (χ1v) is 14.2. The van der Waals surface area contributed by atoms with Gasteiger partial charge in [0.15, 0.2) is 0 Å². The summed E-state index contributed by atoms with van der Waals surface area (Å²) in [6.07, 6.45) is -11.5. The van der Waals surface area contributed by atoms with Crippen molar-refractivity contribution < 1.29 is 49.1 Å². The van der Waals surface area contributed by atoms with Crippen molar-refractivity contribution in [2.24, 2.45) is 11.7 Å². The minimum absolute atomic E-state index is 0.113. The van der Waals surface area contributed by atoms with E-state index < -0.39 is 45.4 Å². The number of aryl methyl sites for hydroxylation is 1. The molecule has 0 aliphatic carbocycles. The van der Waals surface area contributed by atoms with Crippen molar-refractivity contribution in [3.8, 4) is 0 Å². The van der Waals surface area contributed by atoms with Gasteiger partial charge in [-0.15, -0.1) is 0 Å². The minimum atomic E-state index is -6.12. The van der Waals surface area contributed by atoms with Crippen molar-refractivity contribution in [1.29, 1.82) is 0 Å². The van der Waals surface area contributed by atoms with Crippen LogP contribution in [0.2, 0.25) is 0 Å². The zero-order valence-electron chi connectivity index (χ0n) is 21.6. The van der Waals surface area contributed by atoms with E-state index in [0.29, 0.717) is 44.6 Å². The van der Waals surface area contributed by atoms with Crippen molar-refractivity contribution in [2.45, 2.75) is 61.0 Å². The van der Waals surface area contributed by atoms with Crippen LogP contribution in [-0.2, 0) is 26.8 Å². The van der Waals surface area contributed by atoms with Gasteiger partial charge in [-0.2, -0.15) is 26.3 Å². The van der Waals surface area contributed by atoms with Gasteiger partial charge in [0.2, 0.25) is 5.91 Å². The molecule has 2 aromatic rings. The number of alkyl halides is 6. The summed E-state index contributed by atoms with van der Waals surface area (Å²) in [5.74, 6) is -0.857. The minimum Gasteiger partial charge on any atom is -0.369 e. The third kappa shape index (κ3) is 5.75. The number of rotatable bonds is 6. The smallest absolute Gasteiger partial charge is 0.369 e. The molecule has 226 valence electrons. The van der Waals surface area contributed by atoms with Crippen molar-refractivity contribution >= 4 is 21.6 Å². The third-order valence-electron chi connectivity index (χ3n) is 7.72. The largest absolute Gasteiger partial charge is 0.430 e. The second-order valence-corrected chi connectivity index (χ2v) is 12.1. The molecule has 2 aromatic carbocycles. The van der Waals surface area contributed by atoms with E-state index in [1.54, 1.807) is 4.90 Å². The molecule has 2 aliphatic heterocycles. The van der Waals surface area contributed by atoms with Gasteiger partial charge in [0.1, 0.15) is 5.82 Å². The van der Waals surface area contributed by atoms with E-state index in [0.717, 1.165) is 34.6 Å². The molecule has 0 spiro atoms. The Labute approximate surface area is 231 Å². The quantitative estimate of drug-likeness (QED) is 0.476. The fourth-order valence-corrected chi connectivity index (χ4v) is 7.05. The van der Waals surface area contributed by atoms with Gasteiger partial charge in [-0.3, -0.25) is 9.10 Å². The first-order chi connectivity index (χ1) is 19.0. The SMILES string of the molecule is NCC1CCN(C(=O)CC2CCc3cc(C(O)(C(F)(F)F)C(F)(F)F)ccc3N2S(=O)(=O)c2ccc(F)cc2)CC1. The van der Waals surface area contributed by atoms with E-state index in [2.05, 4.69) is 0 Å². The summed E-state index contributed by atoms with van der Waals surface area (Å²) in [6, 6.07) is 4.29. The first-order valence-electron chi connectivity index (χ1n) is 12.8. The molecule has 15 heteroatoms. The van der Waals surface area contributed by atoms with Gasteiger partial charge in [0.25, 0.3) is 15.6 Å². The maximum Gasteiger partial charge on any atom is 0.430 e. The van der Waals surface area contributed by atoms with Gasteiger partial charge in [0, 0.05) is 25.1 Å². The fourth-order valence-electron chi connectivity index (χ4n) is 5.33. The van der Waals surface area contributed by atoms with Crippen LogP contribution in [0.15, 0.2) is 47.4 Å². The number of carbonyl (C=O) groups excluding carboxylic acids is 1. The molecule has 7 nitrogen and oxygen atoms in total. The van der Waals surface area contributed by atoms with E-state index >= 15 is 0 Å². The zero-order chi connectivity index (χ0) is 30.4. The maximum atomic E-state index is 13.8. The van der Waals surface area contributed by atoms with E-state index in [1.807, 2.05) is 0 Å². The number of piperidine rings is 1. The monoisotopic (exact) mass is 611 g/mol. The normalized spacial score (nSPS) is 19.3. The lowest BCUT2D eigenvalue weighted by atomic mass is 9.87. The van der Waals surface area contributed by atoms with Crippen LogP contribution in [0.25, 0.3) is 0 Å². The van der Waals surface area contributed by atoms with Crippen LogP contribution in [0.3, 0.4) is 0 Å². The highest BCUT2D eigenvalue weighted by atomic mass is 32.2. The Morgan fingerprint density at radius 2 is 1.54 bits per heavy atom. The lowest BCUT2D eigenvalue weighted by Crippen LogP contribution is -2.54. The first kappa shape index (κ1) is 31.0. The molecule has 0 aromatic heterocycles. The Hall–Kier alpha value is -2.91. The average molecular weight is 612 g/mol. The van der Waals surface area contributed by atoms with E-state index in [4.69, 9.17) is 5.73 Å². The number of nitrogens with zero attached hydrogens (tertiary/aromatic N) is 2. The van der Waals surface area contributed by atoms with Crippen LogP contribution in [0, 0.1) is 11.7 Å². The Morgan fingerprint density at radius 1 is 0.951 bits per heavy atom. The molecule has 1 saturated heterocycles. The molecule has 0 saturated carbocycles. The number of amides is 1. The highest BCUT2D eigenvalue weighted by Crippen LogP contribution is 2.51. The lowest BCUT2D eigenvalue weighted by molar-refractivity contribution is -0.376. The van der Waals surface area contributed by atoms with Gasteiger partial charge in [-0.05, 0) is 74.0 Å². The molecule has 2 heterocycles. The fraction of sp³-hybridized carbons (Fsp3) is 0.500. The molecule has 0 radical (unpaired) electrons. The van der Waals surface area contributed by atoms with Crippen molar-refractivity contribution in [3.63, 3.8) is 0 Å². The van der Waals surface area contributed by atoms with Gasteiger partial charge in [-0.25, -0.2) is 12.8 Å². The van der Waals surface area contributed by atoms with E-state index in [-0.39, 0.29) is 47.2 Å². The number of carbonyl (C=O) groups is 1. The van der Waals surface area contributed by atoms with Crippen LogP contribution in [-0.4, -0.2) is 62.4 Å². The number of likely N-dealkylation sites (tertiary alicyclic amines) is 1. The van der Waals surface area contributed by atoms with E-state index in [9.17, 15) is 49.1 Å². The Morgan fingerprint density at radius 3 is 2.07 bits per heavy atom. The second kappa shape index (κ2) is 11.1. The van der Waals surface area contributed by atoms with Gasteiger partial charge in [0.05, 0.1) is 16.6 Å². The molecule has 1 amide bonds. The predicted molar refractivity (Wildman–Crippen MR) is 134 cm³/mol. The summed E-state index contributed by atoms with van der Waals surface area (Å²) in [5, 5.41) is 9.86. The lowest BCUT2D eigenvalue weighted by Gasteiger charge is -2.40. The van der Waals surface area contributed by atoms with Gasteiger partial charge in [-0.1, -0.05) is 12.1 Å². The van der Waals surface area contributed by atoms with E-state index in [1.165, 1.54) is 0 Å². The zero-order valence-corrected chi connectivity index (χ0v) is 22.4. The molecule has 4 rings (SSSR count). The molecule has 3 N–H and O–H groups in total. The summed E-state index contributed by atoms with van der Waals surface area (Å²) in [6.45, 7) is 1.28. The van der Waals surface area contributed by atoms with Gasteiger partial charge < -0.3 is 15.7 Å². The molecular weight excluding hydrogens is 583 g/mol. The van der Waals surface area contributed by atoms with Crippen LogP contribution in [0.5, 0.6) is 0 Å². The highest BCUT2D eigenvalue weighted by Gasteiger charge is 2.71. The van der Waals surface area contributed by atoms with Crippen molar-refractivity contribution in [3.05, 3.63) is 59.4 Å². The number of anilines is 1. The molecule has 0 bridgehead atoms. The standard InChI is InChI=1S/C26H28F7N3O4S/c27-19-3-6-21(7-4-19)41(39,40)36-20(14-23(37)35-11-9-16(15-34)10-12-35)5-1-17-13-18(2-8-22(17)36)24(38,25(28,29)30)26(31,32)33/h2-4,6-8,13,16,20,38H,1,5,9-12,14-15,34H2. The number of nitrogens with two attached hydrogens (primary N) is 1. The summed E-state index contributed by atoms with van der Waals surface area (Å²) in [4.78, 5) is 14.4. The number of aliphatic hydroxyl groups is 1. The molecular formula is C26H28F7N3O4S. The highest BCUT2D eigenvalue weighted by molar-refractivity contribution is 7.92. The van der Waals surface area contributed by atoms with Crippen LogP contribution in [0.4, 0.5) is 36.4 Å².